The van der Waals surface area contributed by atoms with Crippen LogP contribution in [-0.4, -0.2) is 27.6 Å². The van der Waals surface area contributed by atoms with Gasteiger partial charge in [0.1, 0.15) is 16.1 Å². The first kappa shape index (κ1) is 11.7. The molecule has 7 heteroatoms. The van der Waals surface area contributed by atoms with Gasteiger partial charge in [-0.2, -0.15) is 0 Å². The van der Waals surface area contributed by atoms with Crippen molar-refractivity contribution < 1.29 is 14.6 Å². The van der Waals surface area contributed by atoms with Crippen LogP contribution in [0.25, 0.3) is 15.0 Å². The molecule has 0 spiro atoms. The van der Waals surface area contributed by atoms with Crippen molar-refractivity contribution in [3.05, 3.63) is 40.4 Å². The number of nitrogens with zero attached hydrogens (tertiary/aromatic N) is 2. The van der Waals surface area contributed by atoms with Crippen LogP contribution in [0.2, 0.25) is 0 Å². The quantitative estimate of drug-likeness (QED) is 0.769. The highest BCUT2D eigenvalue weighted by Gasteiger charge is 2.16. The number of fused-ring (bicyclic) bond motifs is 3. The second kappa shape index (κ2) is 4.06. The zero-order chi connectivity index (χ0) is 13.6. The van der Waals surface area contributed by atoms with Gasteiger partial charge in [0.05, 0.1) is 23.5 Å². The number of carboxylic acid groups (broad SMARTS) is 1. The molecule has 0 unspecified atom stereocenters. The SMILES string of the molecule is COc1ccc2sc3c(C(=O)O)cnc(=O)n3c2c1. The van der Waals surface area contributed by atoms with Crippen LogP contribution in [0.1, 0.15) is 10.4 Å². The van der Waals surface area contributed by atoms with Crippen molar-refractivity contribution >= 4 is 32.4 Å². The minimum absolute atomic E-state index is 0.0137. The van der Waals surface area contributed by atoms with Crippen LogP contribution >= 0.6 is 11.3 Å². The molecule has 3 aromatic rings. The number of hydrogen-bond acceptors (Lipinski definition) is 5. The number of aromatic nitrogens is 2. The van der Waals surface area contributed by atoms with E-state index in [4.69, 9.17) is 9.84 Å². The number of benzene rings is 1. The molecule has 2 aromatic heterocycles. The summed E-state index contributed by atoms with van der Waals surface area (Å²) in [6.45, 7) is 0. The van der Waals surface area contributed by atoms with Gasteiger partial charge in [-0.15, -0.1) is 11.3 Å². The topological polar surface area (TPSA) is 80.9 Å². The van der Waals surface area contributed by atoms with Crippen molar-refractivity contribution in [3.63, 3.8) is 0 Å². The highest BCUT2D eigenvalue weighted by atomic mass is 32.1. The van der Waals surface area contributed by atoms with E-state index in [-0.39, 0.29) is 5.56 Å². The van der Waals surface area contributed by atoms with Crippen LogP contribution in [0, 0.1) is 0 Å². The first-order chi connectivity index (χ1) is 9.11. The molecule has 0 fully saturated rings. The average molecular weight is 276 g/mol. The number of ether oxygens (including phenoxy) is 1. The lowest BCUT2D eigenvalue weighted by molar-refractivity contribution is 0.0698. The smallest absolute Gasteiger partial charge is 0.353 e. The first-order valence-electron chi connectivity index (χ1n) is 5.33. The third-order valence-electron chi connectivity index (χ3n) is 2.77. The monoisotopic (exact) mass is 276 g/mol. The standard InChI is InChI=1S/C12H8N2O4S/c1-18-6-2-3-9-8(4-6)14-10(19-9)7(11(15)16)5-13-12(14)17/h2-5H,1H3,(H,15,16). The van der Waals surface area contributed by atoms with Gasteiger partial charge in [-0.3, -0.25) is 0 Å². The van der Waals surface area contributed by atoms with Crippen molar-refractivity contribution in [2.24, 2.45) is 0 Å². The van der Waals surface area contributed by atoms with Gasteiger partial charge in [-0.05, 0) is 12.1 Å². The fraction of sp³-hybridized carbons (Fsp3) is 0.0833. The Balaban J connectivity index is 2.53. The number of methoxy groups -OCH3 is 1. The van der Waals surface area contributed by atoms with Crippen LogP contribution in [0.4, 0.5) is 0 Å². The Morgan fingerprint density at radius 3 is 2.95 bits per heavy atom. The molecule has 0 aliphatic heterocycles. The summed E-state index contributed by atoms with van der Waals surface area (Å²) in [5, 5.41) is 9.13. The lowest BCUT2D eigenvalue weighted by Gasteiger charge is -2.00. The molecule has 19 heavy (non-hydrogen) atoms. The van der Waals surface area contributed by atoms with Gasteiger partial charge in [0.15, 0.2) is 0 Å². The maximum atomic E-state index is 11.9. The molecule has 0 aliphatic carbocycles. The normalized spacial score (nSPS) is 11.0. The Morgan fingerprint density at radius 2 is 2.26 bits per heavy atom. The molecular formula is C12H8N2O4S. The highest BCUT2D eigenvalue weighted by molar-refractivity contribution is 7.24. The van der Waals surface area contributed by atoms with Crippen molar-refractivity contribution in [1.82, 2.24) is 9.38 Å². The third-order valence-corrected chi connectivity index (χ3v) is 3.93. The van der Waals surface area contributed by atoms with Crippen LogP contribution in [-0.2, 0) is 0 Å². The Labute approximate surface area is 110 Å². The average Bonchev–Trinajstić information content (AvgIpc) is 2.77. The second-order valence-electron chi connectivity index (χ2n) is 3.84. The molecule has 1 aromatic carbocycles. The maximum absolute atomic E-state index is 11.9. The van der Waals surface area contributed by atoms with E-state index in [1.54, 1.807) is 18.2 Å². The fourth-order valence-corrected chi connectivity index (χ4v) is 3.01. The molecule has 2 heterocycles. The number of hydrogen-bond donors (Lipinski definition) is 1. The predicted molar refractivity (Wildman–Crippen MR) is 70.4 cm³/mol. The molecule has 3 rings (SSSR count). The summed E-state index contributed by atoms with van der Waals surface area (Å²) >= 11 is 1.24. The van der Waals surface area contributed by atoms with Crippen LogP contribution in [0.15, 0.2) is 29.2 Å². The van der Waals surface area contributed by atoms with Gasteiger partial charge < -0.3 is 9.84 Å². The summed E-state index contributed by atoms with van der Waals surface area (Å²) < 4.78 is 7.21. The molecule has 0 saturated heterocycles. The van der Waals surface area contributed by atoms with Crippen molar-refractivity contribution in [3.8, 4) is 5.75 Å². The molecule has 96 valence electrons. The van der Waals surface area contributed by atoms with Gasteiger partial charge in [0.2, 0.25) is 0 Å². The van der Waals surface area contributed by atoms with Crippen LogP contribution in [0.5, 0.6) is 5.75 Å². The van der Waals surface area contributed by atoms with Crippen LogP contribution in [0.3, 0.4) is 0 Å². The Bertz CT molecular complexity index is 865. The van der Waals surface area contributed by atoms with E-state index in [2.05, 4.69) is 4.98 Å². The van der Waals surface area contributed by atoms with E-state index in [1.165, 1.54) is 22.8 Å². The van der Waals surface area contributed by atoms with E-state index in [1.807, 2.05) is 0 Å². The predicted octanol–water partition coefficient (Wildman–Crippen LogP) is 1.62. The van der Waals surface area contributed by atoms with Gasteiger partial charge in [-0.25, -0.2) is 19.0 Å². The van der Waals surface area contributed by atoms with Crippen LogP contribution < -0.4 is 10.4 Å². The zero-order valence-electron chi connectivity index (χ0n) is 9.78. The summed E-state index contributed by atoms with van der Waals surface area (Å²) in [5.41, 5.74) is 0.110. The summed E-state index contributed by atoms with van der Waals surface area (Å²) in [6.07, 6.45) is 1.09. The van der Waals surface area contributed by atoms with Gasteiger partial charge >= 0.3 is 11.7 Å². The Kier molecular flexibility index (Phi) is 2.49. The minimum atomic E-state index is -1.11. The largest absolute Gasteiger partial charge is 0.497 e. The minimum Gasteiger partial charge on any atom is -0.497 e. The molecule has 0 bridgehead atoms. The Hall–Kier alpha value is -2.41. The van der Waals surface area contributed by atoms with Crippen molar-refractivity contribution in [1.29, 1.82) is 0 Å². The van der Waals surface area contributed by atoms with E-state index < -0.39 is 11.7 Å². The van der Waals surface area contributed by atoms with Crippen molar-refractivity contribution in [2.45, 2.75) is 0 Å². The second-order valence-corrected chi connectivity index (χ2v) is 4.87. The fourth-order valence-electron chi connectivity index (χ4n) is 1.89. The lowest BCUT2D eigenvalue weighted by atomic mass is 10.3. The van der Waals surface area contributed by atoms with E-state index in [0.717, 1.165) is 10.9 Å². The number of aromatic carboxylic acids is 1. The molecule has 0 aliphatic rings. The van der Waals surface area contributed by atoms with Gasteiger partial charge in [0.25, 0.3) is 0 Å². The molecule has 0 atom stereocenters. The zero-order valence-corrected chi connectivity index (χ0v) is 10.6. The molecular weight excluding hydrogens is 268 g/mol. The first-order valence-corrected chi connectivity index (χ1v) is 6.15. The van der Waals surface area contributed by atoms with E-state index in [0.29, 0.717) is 16.1 Å². The molecule has 0 amide bonds. The maximum Gasteiger partial charge on any atom is 0.353 e. The van der Waals surface area contributed by atoms with Gasteiger partial charge in [0, 0.05) is 6.07 Å². The van der Waals surface area contributed by atoms with E-state index in [9.17, 15) is 9.59 Å². The Morgan fingerprint density at radius 1 is 1.47 bits per heavy atom. The molecule has 1 N–H and O–H groups in total. The van der Waals surface area contributed by atoms with Crippen molar-refractivity contribution in [2.75, 3.05) is 7.11 Å². The third kappa shape index (κ3) is 1.66. The highest BCUT2D eigenvalue weighted by Crippen LogP contribution is 2.29. The summed E-state index contributed by atoms with van der Waals surface area (Å²) in [5.74, 6) is -0.511. The van der Waals surface area contributed by atoms with Gasteiger partial charge in [-0.1, -0.05) is 0 Å². The number of carbonyl (C=O) groups is 1. The lowest BCUT2D eigenvalue weighted by Crippen LogP contribution is -2.17. The van der Waals surface area contributed by atoms with E-state index >= 15 is 0 Å². The molecule has 0 saturated carbocycles. The number of thiazole rings is 1. The number of carboxylic acids is 1. The summed E-state index contributed by atoms with van der Waals surface area (Å²) in [6, 6.07) is 5.24. The summed E-state index contributed by atoms with van der Waals surface area (Å²) in [7, 11) is 1.53. The summed E-state index contributed by atoms with van der Waals surface area (Å²) in [4.78, 5) is 27.0. The molecule has 6 nitrogen and oxygen atoms in total. The molecule has 0 radical (unpaired) electrons. The number of rotatable bonds is 2.